The molecule has 118 valence electrons. The zero-order valence-electron chi connectivity index (χ0n) is 12.1. The first-order valence-electron chi connectivity index (χ1n) is 6.85. The molecule has 0 unspecified atom stereocenters. The molecule has 3 nitrogen and oxygen atoms in total. The Bertz CT molecular complexity index is 902. The van der Waals surface area contributed by atoms with Gasteiger partial charge in [0.1, 0.15) is 5.58 Å². The predicted molar refractivity (Wildman–Crippen MR) is 94.8 cm³/mol. The van der Waals surface area contributed by atoms with Gasteiger partial charge in [-0.3, -0.25) is 4.79 Å². The maximum atomic E-state index is 12.3. The van der Waals surface area contributed by atoms with Crippen molar-refractivity contribution in [3.05, 3.63) is 62.8 Å². The van der Waals surface area contributed by atoms with Gasteiger partial charge in [-0.2, -0.15) is 0 Å². The van der Waals surface area contributed by atoms with Crippen LogP contribution in [0.5, 0.6) is 0 Å². The van der Waals surface area contributed by atoms with Gasteiger partial charge in [0.25, 0.3) is 0 Å². The van der Waals surface area contributed by atoms with E-state index in [1.165, 1.54) is 12.1 Å². The number of anilines is 1. The minimum atomic E-state index is -0.213. The molecule has 3 aromatic rings. The molecule has 0 aliphatic heterocycles. The molecular weight excluding hydrogens is 357 g/mol. The molecule has 1 aromatic heterocycles. The van der Waals surface area contributed by atoms with Crippen molar-refractivity contribution in [2.45, 2.75) is 13.3 Å². The van der Waals surface area contributed by atoms with Crippen molar-refractivity contribution in [2.24, 2.45) is 0 Å². The zero-order chi connectivity index (χ0) is 16.6. The van der Waals surface area contributed by atoms with Gasteiger partial charge in [0.2, 0.25) is 5.91 Å². The highest BCUT2D eigenvalue weighted by molar-refractivity contribution is 6.44. The number of carbonyl (C=O) groups excluding carboxylic acids is 1. The van der Waals surface area contributed by atoms with Crippen molar-refractivity contribution < 1.29 is 9.21 Å². The van der Waals surface area contributed by atoms with Crippen LogP contribution in [0.3, 0.4) is 0 Å². The topological polar surface area (TPSA) is 42.2 Å². The first-order valence-corrected chi connectivity index (χ1v) is 7.98. The highest BCUT2D eigenvalue weighted by atomic mass is 35.5. The molecule has 1 N–H and O–H groups in total. The lowest BCUT2D eigenvalue weighted by atomic mass is 10.1. The summed E-state index contributed by atoms with van der Waals surface area (Å²) in [4.78, 5) is 12.3. The zero-order valence-corrected chi connectivity index (χ0v) is 14.4. The predicted octanol–water partition coefficient (Wildman–Crippen LogP) is 5.88. The Morgan fingerprint density at radius 3 is 2.61 bits per heavy atom. The van der Waals surface area contributed by atoms with Crippen LogP contribution >= 0.6 is 34.8 Å². The highest BCUT2D eigenvalue weighted by Gasteiger charge is 2.13. The van der Waals surface area contributed by atoms with E-state index >= 15 is 0 Å². The standard InChI is InChI=1S/C17H12Cl3NO2/c1-9-2-3-16-11(4-9)10(8-23-16)5-17(22)21-15-7-13(19)12(18)6-14(15)20/h2-4,6-8H,5H2,1H3,(H,21,22). The molecule has 0 atom stereocenters. The fourth-order valence-electron chi connectivity index (χ4n) is 2.32. The summed E-state index contributed by atoms with van der Waals surface area (Å²) < 4.78 is 5.47. The summed E-state index contributed by atoms with van der Waals surface area (Å²) in [5, 5.41) is 4.67. The van der Waals surface area contributed by atoms with E-state index in [2.05, 4.69) is 5.32 Å². The SMILES string of the molecule is Cc1ccc2occ(CC(=O)Nc3cc(Cl)c(Cl)cc3Cl)c2c1. The Hall–Kier alpha value is -1.68. The third-order valence-electron chi connectivity index (χ3n) is 3.44. The number of aryl methyl sites for hydroxylation is 1. The Kier molecular flexibility index (Phi) is 4.53. The molecule has 23 heavy (non-hydrogen) atoms. The van der Waals surface area contributed by atoms with Gasteiger partial charge in [0.15, 0.2) is 0 Å². The quantitative estimate of drug-likeness (QED) is 0.586. The molecule has 0 spiro atoms. The van der Waals surface area contributed by atoms with Crippen molar-refractivity contribution in [2.75, 3.05) is 5.32 Å². The van der Waals surface area contributed by atoms with Gasteiger partial charge >= 0.3 is 0 Å². The molecule has 0 aliphatic rings. The first-order chi connectivity index (χ1) is 10.9. The highest BCUT2D eigenvalue weighted by Crippen LogP contribution is 2.32. The number of hydrogen-bond donors (Lipinski definition) is 1. The summed E-state index contributed by atoms with van der Waals surface area (Å²) in [5.41, 5.74) is 3.10. The number of hydrogen-bond acceptors (Lipinski definition) is 2. The van der Waals surface area contributed by atoms with E-state index in [1.807, 2.05) is 25.1 Å². The van der Waals surface area contributed by atoms with Crippen LogP contribution in [0.25, 0.3) is 11.0 Å². The number of furan rings is 1. The molecule has 0 bridgehead atoms. The number of amides is 1. The second-order valence-electron chi connectivity index (χ2n) is 5.23. The molecule has 0 saturated heterocycles. The lowest BCUT2D eigenvalue weighted by molar-refractivity contribution is -0.115. The molecule has 0 saturated carbocycles. The largest absolute Gasteiger partial charge is 0.464 e. The van der Waals surface area contributed by atoms with Crippen LogP contribution in [0.2, 0.25) is 15.1 Å². The average Bonchev–Trinajstić information content (AvgIpc) is 2.87. The number of nitrogens with one attached hydrogen (secondary N) is 1. The van der Waals surface area contributed by atoms with Gasteiger partial charge in [-0.25, -0.2) is 0 Å². The van der Waals surface area contributed by atoms with Crippen LogP contribution in [0.15, 0.2) is 41.0 Å². The van der Waals surface area contributed by atoms with Crippen LogP contribution in [0.4, 0.5) is 5.69 Å². The van der Waals surface area contributed by atoms with Crippen molar-refractivity contribution in [1.29, 1.82) is 0 Å². The second-order valence-corrected chi connectivity index (χ2v) is 6.45. The summed E-state index contributed by atoms with van der Waals surface area (Å²) in [7, 11) is 0. The molecule has 1 heterocycles. The van der Waals surface area contributed by atoms with Gasteiger partial charge in [0, 0.05) is 10.9 Å². The minimum Gasteiger partial charge on any atom is -0.464 e. The molecule has 3 rings (SSSR count). The smallest absolute Gasteiger partial charge is 0.228 e. The number of rotatable bonds is 3. The third-order valence-corrected chi connectivity index (χ3v) is 4.48. The summed E-state index contributed by atoms with van der Waals surface area (Å²) in [6, 6.07) is 8.88. The van der Waals surface area contributed by atoms with Gasteiger partial charge < -0.3 is 9.73 Å². The van der Waals surface area contributed by atoms with Crippen molar-refractivity contribution in [1.82, 2.24) is 0 Å². The van der Waals surface area contributed by atoms with Crippen LogP contribution < -0.4 is 5.32 Å². The first kappa shape index (κ1) is 16.2. The van der Waals surface area contributed by atoms with Crippen LogP contribution in [-0.2, 0) is 11.2 Å². The molecular formula is C17H12Cl3NO2. The fourth-order valence-corrected chi connectivity index (χ4v) is 2.91. The lowest BCUT2D eigenvalue weighted by Crippen LogP contribution is -2.14. The summed E-state index contributed by atoms with van der Waals surface area (Å²) >= 11 is 17.9. The second kappa shape index (κ2) is 6.44. The maximum Gasteiger partial charge on any atom is 0.228 e. The number of fused-ring (bicyclic) bond motifs is 1. The fraction of sp³-hybridized carbons (Fsp3) is 0.118. The van der Waals surface area contributed by atoms with E-state index in [1.54, 1.807) is 6.26 Å². The van der Waals surface area contributed by atoms with E-state index in [4.69, 9.17) is 39.2 Å². The Morgan fingerprint density at radius 2 is 1.83 bits per heavy atom. The Labute approximate surface area is 148 Å². The number of carbonyl (C=O) groups is 1. The van der Waals surface area contributed by atoms with E-state index in [9.17, 15) is 4.79 Å². The monoisotopic (exact) mass is 367 g/mol. The lowest BCUT2D eigenvalue weighted by Gasteiger charge is -2.08. The Morgan fingerprint density at radius 1 is 1.09 bits per heavy atom. The van der Waals surface area contributed by atoms with Crippen molar-refractivity contribution in [3.8, 4) is 0 Å². The third kappa shape index (κ3) is 3.47. The maximum absolute atomic E-state index is 12.3. The molecule has 0 fully saturated rings. The van der Waals surface area contributed by atoms with Crippen molar-refractivity contribution in [3.63, 3.8) is 0 Å². The molecule has 6 heteroatoms. The Balaban J connectivity index is 1.81. The van der Waals surface area contributed by atoms with Gasteiger partial charge in [0.05, 0.1) is 33.4 Å². The van der Waals surface area contributed by atoms with E-state index in [-0.39, 0.29) is 12.3 Å². The molecule has 0 radical (unpaired) electrons. The van der Waals surface area contributed by atoms with Gasteiger partial charge in [-0.1, -0.05) is 46.4 Å². The number of halogens is 3. The van der Waals surface area contributed by atoms with E-state index in [0.29, 0.717) is 20.8 Å². The molecule has 2 aromatic carbocycles. The number of benzene rings is 2. The van der Waals surface area contributed by atoms with Gasteiger partial charge in [-0.05, 0) is 31.2 Å². The average molecular weight is 369 g/mol. The summed E-state index contributed by atoms with van der Waals surface area (Å²) in [6.45, 7) is 1.99. The van der Waals surface area contributed by atoms with E-state index in [0.717, 1.165) is 22.1 Å². The van der Waals surface area contributed by atoms with E-state index < -0.39 is 0 Å². The van der Waals surface area contributed by atoms with Crippen LogP contribution in [0.1, 0.15) is 11.1 Å². The summed E-state index contributed by atoms with van der Waals surface area (Å²) in [5.74, 6) is -0.213. The molecule has 0 aliphatic carbocycles. The van der Waals surface area contributed by atoms with Crippen molar-refractivity contribution >= 4 is 57.4 Å². The van der Waals surface area contributed by atoms with Crippen LogP contribution in [0, 0.1) is 6.92 Å². The summed E-state index contributed by atoms with van der Waals surface area (Å²) in [6.07, 6.45) is 1.77. The molecule has 1 amide bonds. The minimum absolute atomic E-state index is 0.174. The van der Waals surface area contributed by atoms with Crippen LogP contribution in [-0.4, -0.2) is 5.91 Å². The normalized spacial score (nSPS) is 11.0. The van der Waals surface area contributed by atoms with Gasteiger partial charge in [-0.15, -0.1) is 0 Å².